The van der Waals surface area contributed by atoms with Crippen molar-refractivity contribution in [1.82, 2.24) is 5.43 Å². The molecule has 0 aromatic heterocycles. The third-order valence-electron chi connectivity index (χ3n) is 2.96. The average molecular weight is 327 g/mol. The van der Waals surface area contributed by atoms with Crippen LogP contribution in [0.4, 0.5) is 10.5 Å². The van der Waals surface area contributed by atoms with Crippen molar-refractivity contribution in [2.24, 2.45) is 5.10 Å². The van der Waals surface area contributed by atoms with Gasteiger partial charge in [-0.05, 0) is 49.7 Å². The van der Waals surface area contributed by atoms with Gasteiger partial charge in [-0.1, -0.05) is 18.2 Å². The average Bonchev–Trinajstić information content (AvgIpc) is 2.56. The highest BCUT2D eigenvalue weighted by Crippen LogP contribution is 2.28. The number of carbonyl (C=O) groups excluding carboxylic acids is 1. The van der Waals surface area contributed by atoms with Crippen LogP contribution >= 0.6 is 0 Å². The normalized spacial score (nSPS) is 10.7. The van der Waals surface area contributed by atoms with Gasteiger partial charge in [0.15, 0.2) is 11.5 Å². The summed E-state index contributed by atoms with van der Waals surface area (Å²) in [6.07, 6.45) is 1.59. The van der Waals surface area contributed by atoms with E-state index >= 15 is 0 Å². The van der Waals surface area contributed by atoms with Gasteiger partial charge >= 0.3 is 6.03 Å². The number of urea groups is 1. The minimum atomic E-state index is -0.413. The summed E-state index contributed by atoms with van der Waals surface area (Å²) in [5.41, 5.74) is 3.89. The van der Waals surface area contributed by atoms with Crippen LogP contribution in [0.2, 0.25) is 0 Å². The van der Waals surface area contributed by atoms with Gasteiger partial charge in [-0.2, -0.15) is 5.10 Å². The van der Waals surface area contributed by atoms with Crippen molar-refractivity contribution in [2.75, 3.05) is 12.4 Å². The first-order valence-corrected chi connectivity index (χ1v) is 7.58. The van der Waals surface area contributed by atoms with Crippen molar-refractivity contribution in [2.45, 2.75) is 20.0 Å². The molecule has 2 amide bonds. The largest absolute Gasteiger partial charge is 0.493 e. The zero-order valence-electron chi connectivity index (χ0n) is 13.9. The molecular formula is C18H21N3O3. The summed E-state index contributed by atoms with van der Waals surface area (Å²) in [7, 11) is 1.58. The summed E-state index contributed by atoms with van der Waals surface area (Å²) in [5.74, 6) is 1.28. The number of hydrogen-bond acceptors (Lipinski definition) is 4. The Hall–Kier alpha value is -3.02. The van der Waals surface area contributed by atoms with Gasteiger partial charge in [0.25, 0.3) is 0 Å². The monoisotopic (exact) mass is 327 g/mol. The highest BCUT2D eigenvalue weighted by molar-refractivity contribution is 5.90. The van der Waals surface area contributed by atoms with Gasteiger partial charge in [0.1, 0.15) is 0 Å². The second-order valence-electron chi connectivity index (χ2n) is 5.27. The van der Waals surface area contributed by atoms with Crippen molar-refractivity contribution < 1.29 is 14.3 Å². The number of amides is 2. The maximum Gasteiger partial charge on any atom is 0.339 e. The Morgan fingerprint density at radius 1 is 1.12 bits per heavy atom. The van der Waals surface area contributed by atoms with E-state index in [4.69, 9.17) is 9.47 Å². The number of hydrogen-bond donors (Lipinski definition) is 2. The summed E-state index contributed by atoms with van der Waals surface area (Å²) in [6, 6.07) is 14.2. The molecule has 0 spiro atoms. The Morgan fingerprint density at radius 3 is 2.54 bits per heavy atom. The Bertz CT molecular complexity index is 700. The predicted molar refractivity (Wildman–Crippen MR) is 94.9 cm³/mol. The van der Waals surface area contributed by atoms with E-state index in [0.717, 1.165) is 5.56 Å². The lowest BCUT2D eigenvalue weighted by molar-refractivity contribution is 0.230. The van der Waals surface area contributed by atoms with Gasteiger partial charge in [-0.25, -0.2) is 10.2 Å². The van der Waals surface area contributed by atoms with Crippen LogP contribution in [-0.2, 0) is 0 Å². The molecule has 0 saturated heterocycles. The number of benzene rings is 2. The molecule has 0 radical (unpaired) electrons. The first kappa shape index (κ1) is 17.3. The summed E-state index contributed by atoms with van der Waals surface area (Å²) in [4.78, 5) is 11.7. The standard InChI is InChI=1S/C18H21N3O3/c1-13(2)24-16-10-9-14(11-17(16)23-3)12-19-21-18(22)20-15-7-5-4-6-8-15/h4-13H,1-3H3,(H2,20,21,22)/b19-12+. The molecule has 0 fully saturated rings. The fraction of sp³-hybridized carbons (Fsp3) is 0.222. The number of rotatable bonds is 6. The highest BCUT2D eigenvalue weighted by atomic mass is 16.5. The molecule has 0 bridgehead atoms. The number of ether oxygens (including phenoxy) is 2. The first-order valence-electron chi connectivity index (χ1n) is 7.58. The van der Waals surface area contributed by atoms with E-state index < -0.39 is 6.03 Å². The number of anilines is 1. The van der Waals surface area contributed by atoms with Crippen LogP contribution in [0.25, 0.3) is 0 Å². The molecule has 0 saturated carbocycles. The molecule has 126 valence electrons. The van der Waals surface area contributed by atoms with Crippen LogP contribution in [0.1, 0.15) is 19.4 Å². The van der Waals surface area contributed by atoms with E-state index in [1.54, 1.807) is 25.3 Å². The minimum absolute atomic E-state index is 0.0572. The maximum atomic E-state index is 11.7. The molecule has 6 nitrogen and oxygen atoms in total. The Balaban J connectivity index is 1.95. The molecule has 2 rings (SSSR count). The fourth-order valence-electron chi connectivity index (χ4n) is 1.96. The lowest BCUT2D eigenvalue weighted by Crippen LogP contribution is -2.24. The number of hydrazone groups is 1. The molecular weight excluding hydrogens is 306 g/mol. The SMILES string of the molecule is COc1cc(/C=N/NC(=O)Nc2ccccc2)ccc1OC(C)C. The van der Waals surface area contributed by atoms with E-state index in [1.165, 1.54) is 6.21 Å². The van der Waals surface area contributed by atoms with Crippen molar-refractivity contribution in [1.29, 1.82) is 0 Å². The molecule has 0 aliphatic rings. The second kappa shape index (κ2) is 8.57. The minimum Gasteiger partial charge on any atom is -0.493 e. The molecule has 2 aromatic carbocycles. The van der Waals surface area contributed by atoms with Crippen LogP contribution < -0.4 is 20.2 Å². The summed E-state index contributed by atoms with van der Waals surface area (Å²) >= 11 is 0. The van der Waals surface area contributed by atoms with Gasteiger partial charge in [-0.15, -0.1) is 0 Å². The first-order chi connectivity index (χ1) is 11.6. The molecule has 0 atom stereocenters. The molecule has 2 N–H and O–H groups in total. The zero-order valence-corrected chi connectivity index (χ0v) is 13.9. The van der Waals surface area contributed by atoms with Crippen molar-refractivity contribution in [3.8, 4) is 11.5 Å². The van der Waals surface area contributed by atoms with Gasteiger partial charge in [-0.3, -0.25) is 0 Å². The van der Waals surface area contributed by atoms with Gasteiger partial charge in [0, 0.05) is 5.69 Å². The zero-order chi connectivity index (χ0) is 17.4. The Labute approximate surface area is 141 Å². The van der Waals surface area contributed by atoms with Crippen molar-refractivity contribution in [3.63, 3.8) is 0 Å². The van der Waals surface area contributed by atoms with Crippen LogP contribution in [0.15, 0.2) is 53.6 Å². The highest BCUT2D eigenvalue weighted by Gasteiger charge is 2.06. The second-order valence-corrected chi connectivity index (χ2v) is 5.27. The van der Waals surface area contributed by atoms with E-state index in [1.807, 2.05) is 44.2 Å². The van der Waals surface area contributed by atoms with E-state index in [0.29, 0.717) is 17.2 Å². The molecule has 6 heteroatoms. The van der Waals surface area contributed by atoms with E-state index in [2.05, 4.69) is 15.8 Å². The molecule has 2 aromatic rings. The smallest absolute Gasteiger partial charge is 0.339 e. The fourth-order valence-corrected chi connectivity index (χ4v) is 1.96. The van der Waals surface area contributed by atoms with Gasteiger partial charge in [0.2, 0.25) is 0 Å². The molecule has 0 heterocycles. The Kier molecular flexibility index (Phi) is 6.19. The van der Waals surface area contributed by atoms with Gasteiger partial charge < -0.3 is 14.8 Å². The number of para-hydroxylation sites is 1. The van der Waals surface area contributed by atoms with E-state index in [-0.39, 0.29) is 6.10 Å². The summed E-state index contributed by atoms with van der Waals surface area (Å²) in [5, 5.41) is 6.59. The van der Waals surface area contributed by atoms with Crippen LogP contribution in [0.5, 0.6) is 11.5 Å². The van der Waals surface area contributed by atoms with E-state index in [9.17, 15) is 4.79 Å². The van der Waals surface area contributed by atoms with Crippen LogP contribution in [0, 0.1) is 0 Å². The van der Waals surface area contributed by atoms with Crippen molar-refractivity contribution in [3.05, 3.63) is 54.1 Å². The Morgan fingerprint density at radius 2 is 1.88 bits per heavy atom. The topological polar surface area (TPSA) is 72.0 Å². The quantitative estimate of drug-likeness (QED) is 0.628. The maximum absolute atomic E-state index is 11.7. The van der Waals surface area contributed by atoms with Crippen LogP contribution in [-0.4, -0.2) is 25.5 Å². The lowest BCUT2D eigenvalue weighted by atomic mass is 10.2. The van der Waals surface area contributed by atoms with Gasteiger partial charge in [0.05, 0.1) is 19.4 Å². The molecule has 0 aliphatic heterocycles. The van der Waals surface area contributed by atoms with Crippen LogP contribution in [0.3, 0.4) is 0 Å². The molecule has 0 unspecified atom stereocenters. The van der Waals surface area contributed by atoms with Crippen molar-refractivity contribution >= 4 is 17.9 Å². The molecule has 24 heavy (non-hydrogen) atoms. The predicted octanol–water partition coefficient (Wildman–Crippen LogP) is 3.64. The summed E-state index contributed by atoms with van der Waals surface area (Å²) in [6.45, 7) is 3.90. The lowest BCUT2D eigenvalue weighted by Gasteiger charge is -2.13. The molecule has 0 aliphatic carbocycles. The third-order valence-corrected chi connectivity index (χ3v) is 2.96. The summed E-state index contributed by atoms with van der Waals surface area (Å²) < 4.78 is 11.0. The number of carbonyl (C=O) groups is 1. The number of methoxy groups -OCH3 is 1. The number of nitrogens with zero attached hydrogens (tertiary/aromatic N) is 1. The third kappa shape index (κ3) is 5.31. The number of nitrogens with one attached hydrogen (secondary N) is 2.